The van der Waals surface area contributed by atoms with Crippen LogP contribution < -0.4 is 5.32 Å². The van der Waals surface area contributed by atoms with Gasteiger partial charge in [0, 0.05) is 12.0 Å². The molecule has 1 unspecified atom stereocenters. The van der Waals surface area contributed by atoms with Gasteiger partial charge in [-0.15, -0.1) is 0 Å². The van der Waals surface area contributed by atoms with Crippen molar-refractivity contribution in [1.29, 1.82) is 0 Å². The first kappa shape index (κ1) is 16.6. The number of rotatable bonds is 8. The third kappa shape index (κ3) is 5.60. The van der Waals surface area contributed by atoms with Crippen molar-refractivity contribution in [2.45, 2.75) is 38.6 Å². The lowest BCUT2D eigenvalue weighted by atomic mass is 10.1. The summed E-state index contributed by atoms with van der Waals surface area (Å²) < 4.78 is 5.28. The molecule has 0 aromatic carbocycles. The molecule has 0 aliphatic rings. The molecule has 1 rings (SSSR count). The van der Waals surface area contributed by atoms with Crippen LogP contribution in [-0.2, 0) is 9.59 Å². The highest BCUT2D eigenvalue weighted by Gasteiger charge is 2.17. The van der Waals surface area contributed by atoms with Crippen molar-refractivity contribution in [3.8, 4) is 0 Å². The lowest BCUT2D eigenvalue weighted by molar-refractivity contribution is -0.131. The molecule has 114 valence electrons. The number of allylic oxidation sites excluding steroid dienone is 1. The molecule has 1 atom stereocenters. The Morgan fingerprint density at radius 3 is 2.71 bits per heavy atom. The van der Waals surface area contributed by atoms with Gasteiger partial charge in [0.25, 0.3) is 5.91 Å². The first-order valence-electron chi connectivity index (χ1n) is 6.55. The van der Waals surface area contributed by atoms with E-state index in [0.717, 1.165) is 6.08 Å². The number of hydrogen-bond donors (Lipinski definition) is 2. The predicted octanol–water partition coefficient (Wildman–Crippen LogP) is 1.52. The van der Waals surface area contributed by atoms with Crippen molar-refractivity contribution in [2.75, 3.05) is 0 Å². The van der Waals surface area contributed by atoms with Crippen LogP contribution in [0.3, 0.4) is 0 Å². The number of carboxylic acid groups (broad SMARTS) is 1. The van der Waals surface area contributed by atoms with E-state index < -0.39 is 17.9 Å². The van der Waals surface area contributed by atoms with Gasteiger partial charge in [-0.1, -0.05) is 19.9 Å². The van der Waals surface area contributed by atoms with E-state index in [1.807, 2.05) is 13.8 Å². The fourth-order valence-corrected chi connectivity index (χ4v) is 1.53. The van der Waals surface area contributed by atoms with Crippen molar-refractivity contribution in [2.24, 2.45) is 0 Å². The van der Waals surface area contributed by atoms with Crippen molar-refractivity contribution < 1.29 is 23.9 Å². The number of aliphatic carboxylic acids is 1. The van der Waals surface area contributed by atoms with Gasteiger partial charge in [-0.05, 0) is 12.8 Å². The average molecular weight is 294 g/mol. The Morgan fingerprint density at radius 2 is 2.19 bits per heavy atom. The molecule has 0 saturated heterocycles. The van der Waals surface area contributed by atoms with Crippen LogP contribution in [0.4, 0.5) is 0 Å². The molecule has 0 saturated carbocycles. The standard InChI is InChI=1S/C14H18N2O5/c1-9(2)14-15-7-11(21-14)13(20)16-10(8-17)5-3-4-6-12(18)19/h4,6-10H,3,5H2,1-2H3,(H,16,20)(H,18,19). The largest absolute Gasteiger partial charge is 0.478 e. The molecule has 0 bridgehead atoms. The topological polar surface area (TPSA) is 110 Å². The highest BCUT2D eigenvalue weighted by molar-refractivity contribution is 5.92. The SMILES string of the molecule is CC(C)c1ncc(C(=O)NC(C=O)CCC=CC(=O)O)o1. The van der Waals surface area contributed by atoms with Crippen LogP contribution in [0, 0.1) is 0 Å². The van der Waals surface area contributed by atoms with Gasteiger partial charge in [0.15, 0.2) is 5.89 Å². The number of hydrogen-bond acceptors (Lipinski definition) is 5. The fraction of sp³-hybridized carbons (Fsp3) is 0.429. The van der Waals surface area contributed by atoms with Crippen molar-refractivity contribution in [1.82, 2.24) is 10.3 Å². The van der Waals surface area contributed by atoms with Crippen LogP contribution in [0.5, 0.6) is 0 Å². The summed E-state index contributed by atoms with van der Waals surface area (Å²) >= 11 is 0. The summed E-state index contributed by atoms with van der Waals surface area (Å²) in [4.78, 5) is 37.0. The highest BCUT2D eigenvalue weighted by Crippen LogP contribution is 2.14. The van der Waals surface area contributed by atoms with Crippen molar-refractivity contribution >= 4 is 18.2 Å². The van der Waals surface area contributed by atoms with Gasteiger partial charge in [0.05, 0.1) is 12.2 Å². The number of aldehydes is 1. The zero-order valence-electron chi connectivity index (χ0n) is 11.9. The van der Waals surface area contributed by atoms with Crippen molar-refractivity contribution in [3.63, 3.8) is 0 Å². The minimum Gasteiger partial charge on any atom is -0.478 e. The van der Waals surface area contributed by atoms with Crippen LogP contribution in [0.15, 0.2) is 22.8 Å². The number of carboxylic acids is 1. The summed E-state index contributed by atoms with van der Waals surface area (Å²) in [6.45, 7) is 3.77. The molecule has 7 nitrogen and oxygen atoms in total. The van der Waals surface area contributed by atoms with E-state index in [9.17, 15) is 14.4 Å². The van der Waals surface area contributed by atoms with Gasteiger partial charge in [0.1, 0.15) is 6.29 Å². The second-order valence-corrected chi connectivity index (χ2v) is 4.75. The molecule has 1 amide bonds. The van der Waals surface area contributed by atoms with Gasteiger partial charge in [0.2, 0.25) is 5.76 Å². The van der Waals surface area contributed by atoms with Crippen LogP contribution >= 0.6 is 0 Å². The lowest BCUT2D eigenvalue weighted by Gasteiger charge is -2.09. The Kier molecular flexibility index (Phi) is 6.32. The number of carbonyl (C=O) groups excluding carboxylic acids is 2. The number of aromatic nitrogens is 1. The molecule has 1 aromatic heterocycles. The molecule has 0 aliphatic heterocycles. The normalized spacial score (nSPS) is 12.5. The molecule has 2 N–H and O–H groups in total. The molecular formula is C14H18N2O5. The van der Waals surface area contributed by atoms with Crippen LogP contribution in [0.2, 0.25) is 0 Å². The van der Waals surface area contributed by atoms with E-state index >= 15 is 0 Å². The second-order valence-electron chi connectivity index (χ2n) is 4.75. The summed E-state index contributed by atoms with van der Waals surface area (Å²) in [5, 5.41) is 10.9. The zero-order chi connectivity index (χ0) is 15.8. The monoisotopic (exact) mass is 294 g/mol. The third-order valence-corrected chi connectivity index (χ3v) is 2.63. The molecule has 0 spiro atoms. The van der Waals surface area contributed by atoms with E-state index in [4.69, 9.17) is 9.52 Å². The number of nitrogens with zero attached hydrogens (tertiary/aromatic N) is 1. The van der Waals surface area contributed by atoms with Gasteiger partial charge >= 0.3 is 5.97 Å². The number of oxazole rings is 1. The summed E-state index contributed by atoms with van der Waals surface area (Å²) in [7, 11) is 0. The van der Waals surface area contributed by atoms with Gasteiger partial charge in [-0.25, -0.2) is 9.78 Å². The molecular weight excluding hydrogens is 276 g/mol. The first-order valence-corrected chi connectivity index (χ1v) is 6.55. The predicted molar refractivity (Wildman–Crippen MR) is 73.9 cm³/mol. The number of nitrogens with one attached hydrogen (secondary N) is 1. The summed E-state index contributed by atoms with van der Waals surface area (Å²) in [5.74, 6) is -1.01. The molecule has 0 radical (unpaired) electrons. The molecule has 1 heterocycles. The summed E-state index contributed by atoms with van der Waals surface area (Å²) in [6.07, 6.45) is 5.02. The summed E-state index contributed by atoms with van der Waals surface area (Å²) in [5.41, 5.74) is 0. The van der Waals surface area contributed by atoms with E-state index in [1.165, 1.54) is 12.3 Å². The minimum atomic E-state index is -1.05. The molecule has 21 heavy (non-hydrogen) atoms. The van der Waals surface area contributed by atoms with Crippen LogP contribution in [0.25, 0.3) is 0 Å². The van der Waals surface area contributed by atoms with E-state index in [0.29, 0.717) is 25.0 Å². The van der Waals surface area contributed by atoms with Crippen LogP contribution in [-0.4, -0.2) is 34.3 Å². The average Bonchev–Trinajstić information content (AvgIpc) is 2.91. The Hall–Kier alpha value is -2.44. The van der Waals surface area contributed by atoms with E-state index in [-0.39, 0.29) is 11.7 Å². The quantitative estimate of drug-likeness (QED) is 0.555. The minimum absolute atomic E-state index is 0.0478. The Labute approximate surface area is 122 Å². The number of carbonyl (C=O) groups is 3. The molecule has 1 aromatic rings. The first-order chi connectivity index (χ1) is 9.93. The Morgan fingerprint density at radius 1 is 1.48 bits per heavy atom. The smallest absolute Gasteiger partial charge is 0.327 e. The van der Waals surface area contributed by atoms with Gasteiger partial charge < -0.3 is 19.6 Å². The number of amides is 1. The van der Waals surface area contributed by atoms with Gasteiger partial charge in [-0.2, -0.15) is 0 Å². The second kappa shape index (κ2) is 7.98. The summed E-state index contributed by atoms with van der Waals surface area (Å²) in [6, 6.07) is -0.705. The Balaban J connectivity index is 2.53. The fourth-order valence-electron chi connectivity index (χ4n) is 1.53. The zero-order valence-corrected chi connectivity index (χ0v) is 11.9. The van der Waals surface area contributed by atoms with Gasteiger partial charge in [-0.3, -0.25) is 4.79 Å². The highest BCUT2D eigenvalue weighted by atomic mass is 16.4. The maximum absolute atomic E-state index is 11.9. The maximum atomic E-state index is 11.9. The van der Waals surface area contributed by atoms with E-state index in [1.54, 1.807) is 0 Å². The van der Waals surface area contributed by atoms with Crippen LogP contribution in [0.1, 0.15) is 49.1 Å². The Bertz CT molecular complexity index is 533. The molecule has 0 aliphatic carbocycles. The maximum Gasteiger partial charge on any atom is 0.327 e. The van der Waals surface area contributed by atoms with E-state index in [2.05, 4.69) is 10.3 Å². The molecule has 7 heteroatoms. The lowest BCUT2D eigenvalue weighted by Crippen LogP contribution is -2.35. The third-order valence-electron chi connectivity index (χ3n) is 2.63. The van der Waals surface area contributed by atoms with Crippen molar-refractivity contribution in [3.05, 3.63) is 30.0 Å². The molecule has 0 fully saturated rings.